The van der Waals surface area contributed by atoms with Crippen molar-refractivity contribution < 1.29 is 17.9 Å². The molecule has 0 radical (unpaired) electrons. The number of non-ortho nitro benzene ring substituents is 1. The smallest absolute Gasteiger partial charge is 0.270 e. The van der Waals surface area contributed by atoms with Gasteiger partial charge in [0.25, 0.3) is 5.69 Å². The quantitative estimate of drug-likeness (QED) is 0.585. The molecule has 1 aromatic carbocycles. The summed E-state index contributed by atoms with van der Waals surface area (Å²) >= 11 is 0. The Kier molecular flexibility index (Phi) is 4.78. The molecule has 3 rings (SSSR count). The highest BCUT2D eigenvalue weighted by atomic mass is 32.2. The van der Waals surface area contributed by atoms with Crippen LogP contribution in [0.2, 0.25) is 0 Å². The Morgan fingerprint density at radius 2 is 2.08 bits per heavy atom. The predicted octanol–water partition coefficient (Wildman–Crippen LogP) is 1.53. The minimum atomic E-state index is -3.95. The first-order chi connectivity index (χ1) is 12.2. The summed E-state index contributed by atoms with van der Waals surface area (Å²) in [4.78, 5) is 14.3. The van der Waals surface area contributed by atoms with Crippen molar-refractivity contribution in [3.8, 4) is 0 Å². The molecule has 0 bridgehead atoms. The van der Waals surface area contributed by atoms with E-state index in [1.54, 1.807) is 0 Å². The zero-order chi connectivity index (χ0) is 18.9. The second kappa shape index (κ2) is 6.74. The monoisotopic (exact) mass is 381 g/mol. The molecule has 0 amide bonds. The van der Waals surface area contributed by atoms with Gasteiger partial charge in [0.1, 0.15) is 0 Å². The van der Waals surface area contributed by atoms with Crippen molar-refractivity contribution in [1.29, 1.82) is 0 Å². The van der Waals surface area contributed by atoms with Gasteiger partial charge < -0.3 is 10.3 Å². The van der Waals surface area contributed by atoms with E-state index in [2.05, 4.69) is 10.1 Å². The number of nitrogens with zero attached hydrogens (tertiary/aromatic N) is 4. The molecule has 0 atom stereocenters. The number of nitrogens with two attached hydrogens (primary N) is 1. The molecule has 1 saturated carbocycles. The molecule has 1 aliphatic carbocycles. The summed E-state index contributed by atoms with van der Waals surface area (Å²) in [7, 11) is -2.61. The van der Waals surface area contributed by atoms with E-state index in [1.807, 2.05) is 0 Å². The molecule has 0 aliphatic heterocycles. The molecule has 26 heavy (non-hydrogen) atoms. The van der Waals surface area contributed by atoms with Crippen LogP contribution >= 0.6 is 0 Å². The highest BCUT2D eigenvalue weighted by molar-refractivity contribution is 7.89. The highest BCUT2D eigenvalue weighted by Crippen LogP contribution is 2.34. The van der Waals surface area contributed by atoms with Crippen LogP contribution < -0.4 is 5.73 Å². The van der Waals surface area contributed by atoms with Gasteiger partial charge >= 0.3 is 0 Å². The molecule has 10 nitrogen and oxygen atoms in total. The fraction of sp³-hybridized carbons (Fsp3) is 0.467. The van der Waals surface area contributed by atoms with Crippen LogP contribution in [-0.4, -0.2) is 34.8 Å². The van der Waals surface area contributed by atoms with Gasteiger partial charge in [0.05, 0.1) is 21.9 Å². The van der Waals surface area contributed by atoms with Crippen molar-refractivity contribution >= 4 is 15.7 Å². The lowest BCUT2D eigenvalue weighted by molar-refractivity contribution is -0.385. The van der Waals surface area contributed by atoms with Crippen molar-refractivity contribution in [2.45, 2.75) is 42.7 Å². The Hall–Kier alpha value is -2.37. The Morgan fingerprint density at radius 3 is 2.73 bits per heavy atom. The molecule has 2 N–H and O–H groups in total. The summed E-state index contributed by atoms with van der Waals surface area (Å²) in [5.41, 5.74) is 5.34. The Morgan fingerprint density at radius 1 is 1.38 bits per heavy atom. The normalized spacial score (nSPS) is 16.9. The minimum absolute atomic E-state index is 0.119. The van der Waals surface area contributed by atoms with Gasteiger partial charge in [-0.15, -0.1) is 0 Å². The Balaban J connectivity index is 1.79. The summed E-state index contributed by atoms with van der Waals surface area (Å²) < 4.78 is 31.4. The number of nitro groups is 1. The number of rotatable bonds is 6. The zero-order valence-corrected chi connectivity index (χ0v) is 15.0. The van der Waals surface area contributed by atoms with Crippen molar-refractivity contribution in [3.63, 3.8) is 0 Å². The van der Waals surface area contributed by atoms with Crippen LogP contribution in [-0.2, 0) is 22.1 Å². The molecule has 1 aliphatic rings. The van der Waals surface area contributed by atoms with Crippen molar-refractivity contribution in [1.82, 2.24) is 14.4 Å². The summed E-state index contributed by atoms with van der Waals surface area (Å²) in [6.07, 6.45) is 3.49. The van der Waals surface area contributed by atoms with Crippen LogP contribution in [0, 0.1) is 10.1 Å². The molecule has 2 aromatic rings. The summed E-state index contributed by atoms with van der Waals surface area (Å²) in [5.74, 6) is 0.499. The topological polar surface area (TPSA) is 145 Å². The van der Waals surface area contributed by atoms with Crippen LogP contribution in [0.5, 0.6) is 0 Å². The largest absolute Gasteiger partial charge is 0.338 e. The average Bonchev–Trinajstić information content (AvgIpc) is 3.25. The SMILES string of the molecule is CN(Cc1nc(C2(N)CCCC2)no1)S(=O)(=O)c1cccc([N+](=O)[O-])c1. The van der Waals surface area contributed by atoms with Crippen LogP contribution in [0.3, 0.4) is 0 Å². The van der Waals surface area contributed by atoms with Crippen molar-refractivity contribution in [2.75, 3.05) is 7.05 Å². The van der Waals surface area contributed by atoms with Crippen molar-refractivity contribution in [3.05, 3.63) is 46.1 Å². The molecule has 140 valence electrons. The van der Waals surface area contributed by atoms with Crippen LogP contribution in [0.4, 0.5) is 5.69 Å². The van der Waals surface area contributed by atoms with Crippen LogP contribution in [0.1, 0.15) is 37.4 Å². The van der Waals surface area contributed by atoms with Crippen molar-refractivity contribution in [2.24, 2.45) is 5.73 Å². The van der Waals surface area contributed by atoms with E-state index >= 15 is 0 Å². The maximum atomic E-state index is 12.6. The Labute approximate surface area is 150 Å². The number of nitro benzene ring substituents is 1. The number of hydrogen-bond acceptors (Lipinski definition) is 8. The number of benzene rings is 1. The van der Waals surface area contributed by atoms with Gasteiger partial charge in [0.2, 0.25) is 15.9 Å². The summed E-state index contributed by atoms with van der Waals surface area (Å²) in [5, 5.41) is 14.7. The van der Waals surface area contributed by atoms with Gasteiger partial charge in [-0.05, 0) is 18.9 Å². The number of aromatic nitrogens is 2. The molecular formula is C15H19N5O5S. The molecule has 1 fully saturated rings. The number of hydrogen-bond donors (Lipinski definition) is 1. The van der Waals surface area contributed by atoms with Gasteiger partial charge in [0.15, 0.2) is 5.82 Å². The standard InChI is InChI=1S/C15H19N5O5S/c1-19(26(23,24)12-6-4-5-11(9-12)20(21)22)10-13-17-14(18-25-13)15(16)7-2-3-8-15/h4-6,9H,2-3,7-8,10,16H2,1H3. The third-order valence-electron chi connectivity index (χ3n) is 4.50. The molecular weight excluding hydrogens is 362 g/mol. The van der Waals surface area contributed by atoms with Gasteiger partial charge in [-0.1, -0.05) is 24.1 Å². The minimum Gasteiger partial charge on any atom is -0.338 e. The Bertz CT molecular complexity index is 920. The molecule has 0 unspecified atom stereocenters. The van der Waals surface area contributed by atoms with Gasteiger partial charge in [-0.3, -0.25) is 10.1 Å². The van der Waals surface area contributed by atoms with Gasteiger partial charge in [0, 0.05) is 19.2 Å². The van der Waals surface area contributed by atoms with Crippen LogP contribution in [0.15, 0.2) is 33.7 Å². The lowest BCUT2D eigenvalue weighted by atomic mass is 9.99. The third-order valence-corrected chi connectivity index (χ3v) is 6.30. The molecule has 1 heterocycles. The van der Waals surface area contributed by atoms with E-state index < -0.39 is 20.5 Å². The lowest BCUT2D eigenvalue weighted by Crippen LogP contribution is -2.34. The summed E-state index contributed by atoms with van der Waals surface area (Å²) in [6, 6.07) is 4.86. The fourth-order valence-electron chi connectivity index (χ4n) is 2.96. The second-order valence-electron chi connectivity index (χ2n) is 6.39. The molecule has 0 saturated heterocycles. The fourth-order valence-corrected chi connectivity index (χ4v) is 4.12. The maximum Gasteiger partial charge on any atom is 0.270 e. The second-order valence-corrected chi connectivity index (χ2v) is 8.44. The zero-order valence-electron chi connectivity index (χ0n) is 14.2. The first-order valence-corrected chi connectivity index (χ1v) is 9.49. The third kappa shape index (κ3) is 3.45. The van der Waals surface area contributed by atoms with E-state index in [0.717, 1.165) is 36.1 Å². The first-order valence-electron chi connectivity index (χ1n) is 8.05. The van der Waals surface area contributed by atoms with E-state index in [9.17, 15) is 18.5 Å². The van der Waals surface area contributed by atoms with Gasteiger partial charge in [-0.2, -0.15) is 9.29 Å². The average molecular weight is 381 g/mol. The van der Waals surface area contributed by atoms with Gasteiger partial charge in [-0.25, -0.2) is 8.42 Å². The molecule has 0 spiro atoms. The maximum absolute atomic E-state index is 12.6. The van der Waals surface area contributed by atoms with E-state index in [-0.39, 0.29) is 23.0 Å². The van der Waals surface area contributed by atoms with E-state index in [4.69, 9.17) is 10.3 Å². The predicted molar refractivity (Wildman–Crippen MR) is 90.4 cm³/mol. The van der Waals surface area contributed by atoms with Crippen LogP contribution in [0.25, 0.3) is 0 Å². The first kappa shape index (κ1) is 18.4. The summed E-state index contributed by atoms with van der Waals surface area (Å²) in [6.45, 7) is -0.159. The molecule has 1 aromatic heterocycles. The van der Waals surface area contributed by atoms with E-state index in [1.165, 1.54) is 25.2 Å². The van der Waals surface area contributed by atoms with E-state index in [0.29, 0.717) is 5.82 Å². The molecule has 11 heteroatoms. The highest BCUT2D eigenvalue weighted by Gasteiger charge is 2.36. The lowest BCUT2D eigenvalue weighted by Gasteiger charge is -2.18. The number of sulfonamides is 1.